The molecule has 1 aromatic rings. The molecule has 0 aliphatic carbocycles. The number of nitrogens with one attached hydrogen (secondary N) is 2. The topological polar surface area (TPSA) is 46.1 Å². The lowest BCUT2D eigenvalue weighted by molar-refractivity contribution is 0.0929. The minimum Gasteiger partial charge on any atom is -0.347 e. The Morgan fingerprint density at radius 2 is 2.44 bits per heavy atom. The van der Waals surface area contributed by atoms with E-state index in [0.29, 0.717) is 6.04 Å². The van der Waals surface area contributed by atoms with E-state index in [2.05, 4.69) is 24.5 Å². The maximum absolute atomic E-state index is 12.0. The van der Waals surface area contributed by atoms with Crippen molar-refractivity contribution in [1.82, 2.24) is 15.2 Å². The zero-order chi connectivity index (χ0) is 11.5. The predicted octanol–water partition coefficient (Wildman–Crippen LogP) is 1.16. The third-order valence-electron chi connectivity index (χ3n) is 2.96. The van der Waals surface area contributed by atoms with Crippen molar-refractivity contribution >= 4 is 5.91 Å². The Labute approximate surface area is 96.0 Å². The van der Waals surface area contributed by atoms with Crippen molar-refractivity contribution in [2.45, 2.75) is 32.4 Å². The first-order valence-corrected chi connectivity index (χ1v) is 5.87. The van der Waals surface area contributed by atoms with Gasteiger partial charge in [0.25, 0.3) is 5.91 Å². The van der Waals surface area contributed by atoms with Crippen molar-refractivity contribution in [3.05, 3.63) is 24.0 Å². The predicted molar refractivity (Wildman–Crippen MR) is 63.6 cm³/mol. The zero-order valence-corrected chi connectivity index (χ0v) is 9.86. The van der Waals surface area contributed by atoms with Crippen LogP contribution in [0.25, 0.3) is 0 Å². The van der Waals surface area contributed by atoms with Crippen molar-refractivity contribution in [1.29, 1.82) is 0 Å². The Balaban J connectivity index is 2.05. The monoisotopic (exact) mass is 221 g/mol. The van der Waals surface area contributed by atoms with Crippen LogP contribution in [0.15, 0.2) is 18.3 Å². The molecular formula is C12H19N3O. The summed E-state index contributed by atoms with van der Waals surface area (Å²) in [6.45, 7) is 6.03. The van der Waals surface area contributed by atoms with Gasteiger partial charge in [-0.25, -0.2) is 0 Å². The number of carbonyl (C=O) groups is 1. The lowest BCUT2D eigenvalue weighted by atomic mass is 10.2. The van der Waals surface area contributed by atoms with E-state index in [1.165, 1.54) is 0 Å². The largest absolute Gasteiger partial charge is 0.347 e. The number of rotatable bonds is 3. The van der Waals surface area contributed by atoms with Gasteiger partial charge in [0.05, 0.1) is 0 Å². The van der Waals surface area contributed by atoms with Gasteiger partial charge in [-0.2, -0.15) is 0 Å². The molecule has 0 aromatic carbocycles. The summed E-state index contributed by atoms with van der Waals surface area (Å²) < 4.78 is 2.00. The van der Waals surface area contributed by atoms with Crippen LogP contribution in [0.3, 0.4) is 0 Å². The molecule has 2 heterocycles. The van der Waals surface area contributed by atoms with Crippen LogP contribution >= 0.6 is 0 Å². The first-order chi connectivity index (χ1) is 7.68. The van der Waals surface area contributed by atoms with E-state index in [-0.39, 0.29) is 11.9 Å². The molecule has 0 radical (unpaired) electrons. The van der Waals surface area contributed by atoms with E-state index >= 15 is 0 Å². The molecule has 0 spiro atoms. The van der Waals surface area contributed by atoms with Crippen LogP contribution in [0, 0.1) is 0 Å². The summed E-state index contributed by atoms with van der Waals surface area (Å²) in [7, 11) is 0. The molecule has 4 nitrogen and oxygen atoms in total. The van der Waals surface area contributed by atoms with Gasteiger partial charge in [0.1, 0.15) is 5.69 Å². The second-order valence-corrected chi connectivity index (χ2v) is 4.56. The highest BCUT2D eigenvalue weighted by Gasteiger charge is 2.19. The fourth-order valence-electron chi connectivity index (χ4n) is 2.07. The van der Waals surface area contributed by atoms with Gasteiger partial charge in [0, 0.05) is 24.8 Å². The summed E-state index contributed by atoms with van der Waals surface area (Å²) in [5, 5.41) is 6.29. The van der Waals surface area contributed by atoms with E-state index in [4.69, 9.17) is 0 Å². The molecule has 4 heteroatoms. The maximum atomic E-state index is 12.0. The van der Waals surface area contributed by atoms with E-state index in [1.54, 1.807) is 0 Å². The molecule has 1 aromatic heterocycles. The SMILES string of the molecule is CC(C)n1cccc1C(=O)N[C@@H]1CCNC1. The van der Waals surface area contributed by atoms with Crippen LogP contribution in [0.4, 0.5) is 0 Å². The normalized spacial score (nSPS) is 20.3. The minimum absolute atomic E-state index is 0.0346. The lowest BCUT2D eigenvalue weighted by Crippen LogP contribution is -2.37. The summed E-state index contributed by atoms with van der Waals surface area (Å²) >= 11 is 0. The number of aromatic nitrogens is 1. The maximum Gasteiger partial charge on any atom is 0.268 e. The summed E-state index contributed by atoms with van der Waals surface area (Å²) in [4.78, 5) is 12.0. The molecule has 2 N–H and O–H groups in total. The fourth-order valence-corrected chi connectivity index (χ4v) is 2.07. The molecule has 88 valence electrons. The first-order valence-electron chi connectivity index (χ1n) is 5.87. The highest BCUT2D eigenvalue weighted by molar-refractivity contribution is 5.93. The Morgan fingerprint density at radius 1 is 1.62 bits per heavy atom. The average molecular weight is 221 g/mol. The van der Waals surface area contributed by atoms with Gasteiger partial charge >= 0.3 is 0 Å². The van der Waals surface area contributed by atoms with Gasteiger partial charge < -0.3 is 15.2 Å². The summed E-state index contributed by atoms with van der Waals surface area (Å²) in [6, 6.07) is 4.39. The Hall–Kier alpha value is -1.29. The van der Waals surface area contributed by atoms with Gasteiger partial charge in [-0.05, 0) is 38.9 Å². The third kappa shape index (κ3) is 2.27. The average Bonchev–Trinajstić information content (AvgIpc) is 2.86. The van der Waals surface area contributed by atoms with E-state index in [0.717, 1.165) is 25.2 Å². The molecule has 0 saturated carbocycles. The molecule has 16 heavy (non-hydrogen) atoms. The lowest BCUT2D eigenvalue weighted by Gasteiger charge is -2.15. The first kappa shape index (κ1) is 11.2. The van der Waals surface area contributed by atoms with E-state index in [9.17, 15) is 4.79 Å². The minimum atomic E-state index is 0.0346. The second kappa shape index (κ2) is 4.70. The van der Waals surface area contributed by atoms with Gasteiger partial charge in [-0.3, -0.25) is 4.79 Å². The summed E-state index contributed by atoms with van der Waals surface area (Å²) in [6.07, 6.45) is 2.97. The third-order valence-corrected chi connectivity index (χ3v) is 2.96. The molecule has 2 rings (SSSR count). The zero-order valence-electron chi connectivity index (χ0n) is 9.86. The summed E-state index contributed by atoms with van der Waals surface area (Å²) in [5.41, 5.74) is 0.752. The van der Waals surface area contributed by atoms with Crippen LogP contribution in [-0.4, -0.2) is 29.6 Å². The standard InChI is InChI=1S/C12H19N3O/c1-9(2)15-7-3-4-11(15)12(16)14-10-5-6-13-8-10/h3-4,7,9-10,13H,5-6,8H2,1-2H3,(H,14,16)/t10-/m1/s1. The number of nitrogens with zero attached hydrogens (tertiary/aromatic N) is 1. The van der Waals surface area contributed by atoms with Crippen molar-refractivity contribution in [2.75, 3.05) is 13.1 Å². The molecule has 1 saturated heterocycles. The van der Waals surface area contributed by atoms with Crippen LogP contribution in [0.2, 0.25) is 0 Å². The Morgan fingerprint density at radius 3 is 3.06 bits per heavy atom. The Kier molecular flexibility index (Phi) is 3.29. The number of hydrogen-bond donors (Lipinski definition) is 2. The molecule has 1 amide bonds. The van der Waals surface area contributed by atoms with Crippen molar-refractivity contribution < 1.29 is 4.79 Å². The highest BCUT2D eigenvalue weighted by atomic mass is 16.2. The molecule has 0 bridgehead atoms. The fraction of sp³-hybridized carbons (Fsp3) is 0.583. The summed E-state index contributed by atoms with van der Waals surface area (Å²) in [5.74, 6) is 0.0346. The van der Waals surface area contributed by atoms with Gasteiger partial charge in [0.2, 0.25) is 0 Å². The van der Waals surface area contributed by atoms with Crippen molar-refractivity contribution in [2.24, 2.45) is 0 Å². The molecule has 1 atom stereocenters. The van der Waals surface area contributed by atoms with Crippen LogP contribution in [0.5, 0.6) is 0 Å². The number of hydrogen-bond acceptors (Lipinski definition) is 2. The molecular weight excluding hydrogens is 202 g/mol. The van der Waals surface area contributed by atoms with Crippen LogP contribution in [0.1, 0.15) is 36.8 Å². The van der Waals surface area contributed by atoms with Crippen molar-refractivity contribution in [3.8, 4) is 0 Å². The number of carbonyl (C=O) groups excluding carboxylic acids is 1. The molecule has 0 unspecified atom stereocenters. The van der Waals surface area contributed by atoms with E-state index in [1.807, 2.05) is 22.9 Å². The highest BCUT2D eigenvalue weighted by Crippen LogP contribution is 2.11. The molecule has 1 aliphatic heterocycles. The second-order valence-electron chi connectivity index (χ2n) is 4.56. The van der Waals surface area contributed by atoms with Crippen LogP contribution in [-0.2, 0) is 0 Å². The Bertz CT molecular complexity index is 364. The van der Waals surface area contributed by atoms with E-state index < -0.39 is 0 Å². The van der Waals surface area contributed by atoms with Gasteiger partial charge in [-0.15, -0.1) is 0 Å². The number of amides is 1. The quantitative estimate of drug-likeness (QED) is 0.804. The van der Waals surface area contributed by atoms with Crippen LogP contribution < -0.4 is 10.6 Å². The smallest absolute Gasteiger partial charge is 0.268 e. The van der Waals surface area contributed by atoms with Gasteiger partial charge in [0.15, 0.2) is 0 Å². The molecule has 1 fully saturated rings. The van der Waals surface area contributed by atoms with Gasteiger partial charge in [-0.1, -0.05) is 0 Å². The van der Waals surface area contributed by atoms with Crippen molar-refractivity contribution in [3.63, 3.8) is 0 Å². The molecule has 1 aliphatic rings.